The molecule has 10 atom stereocenters. The van der Waals surface area contributed by atoms with Gasteiger partial charge in [-0.25, -0.2) is 4.79 Å². The molecule has 106 heavy (non-hydrogen) atoms. The quantitative estimate of drug-likeness (QED) is 0.0171. The Morgan fingerprint density at radius 1 is 0.547 bits per heavy atom. The molecule has 1 unspecified atom stereocenters. The molecule has 0 spiro atoms. The zero-order chi connectivity index (χ0) is 75.9. The van der Waals surface area contributed by atoms with Crippen molar-refractivity contribution in [3.05, 3.63) is 93.2 Å². The van der Waals surface area contributed by atoms with E-state index in [-0.39, 0.29) is 146 Å². The van der Waals surface area contributed by atoms with Crippen molar-refractivity contribution in [3.63, 3.8) is 0 Å². The lowest BCUT2D eigenvalue weighted by Crippen LogP contribution is -2.63. The first-order chi connectivity index (χ1) is 50.7. The van der Waals surface area contributed by atoms with Crippen LogP contribution in [0.25, 0.3) is 0 Å². The highest BCUT2D eigenvalue weighted by Gasteiger charge is 2.53. The molecule has 4 bridgehead atoms. The van der Waals surface area contributed by atoms with Crippen molar-refractivity contribution in [1.29, 1.82) is 0 Å². The Bertz CT molecular complexity index is 3770. The molecule has 6 fully saturated rings. The van der Waals surface area contributed by atoms with Crippen LogP contribution in [0.15, 0.2) is 80.3 Å². The van der Waals surface area contributed by atoms with Crippen LogP contribution in [0, 0.1) is 23.2 Å². The number of benzene rings is 2. The number of guanidine groups is 3. The number of nitrogens with two attached hydrogens (primary N) is 6. The van der Waals surface area contributed by atoms with E-state index in [2.05, 4.69) is 46.9 Å². The van der Waals surface area contributed by atoms with Gasteiger partial charge in [-0.05, 0) is 158 Å². The largest absolute Gasteiger partial charge is 0.480 e. The number of carboxylic acids is 1. The molecule has 10 amide bonds. The lowest BCUT2D eigenvalue weighted by atomic mass is 9.49. The number of likely N-dealkylation sites (tertiary alicyclic amines) is 2. The minimum Gasteiger partial charge on any atom is -0.480 e. The Hall–Kier alpha value is -9.96. The minimum absolute atomic E-state index is 0.00171. The minimum atomic E-state index is -1.71. The highest BCUT2D eigenvalue weighted by atomic mass is 32.1. The Morgan fingerprint density at radius 2 is 1.07 bits per heavy atom. The number of fused-ring (bicyclic) bond motifs is 2. The molecule has 21 N–H and O–H groups in total. The lowest BCUT2D eigenvalue weighted by Gasteiger charge is -2.56. The van der Waals surface area contributed by atoms with Crippen LogP contribution in [0.5, 0.6) is 0 Å². The van der Waals surface area contributed by atoms with E-state index in [9.17, 15) is 58.5 Å². The van der Waals surface area contributed by atoms with Crippen molar-refractivity contribution in [1.82, 2.24) is 51.5 Å². The number of β-amino-alcohol motifs (C(OH)–C–C–N with tert-alkyl or cyclic N) is 1. The third-order valence-corrected chi connectivity index (χ3v) is 22.4. The van der Waals surface area contributed by atoms with Crippen molar-refractivity contribution in [2.24, 2.45) is 72.5 Å². The second-order valence-corrected chi connectivity index (χ2v) is 30.2. The zero-order valence-corrected chi connectivity index (χ0v) is 60.3. The SMILES string of the molecule is NC(N)=NCCC[C@H](NC(=O)[C@@H]1Cc2ccccc2CN1C(=O)[C@H]1Cc2ccccc2CN1C(=O)[C@H](CO)NC(=O)[C@H](Cc1ccsc1)NC(=O)CNC(=O)[C@@H]1CC(O)CN1C(=O)[C@@H]1CCCN1C(=O)[C@H](CCCN=C(N)N)NC(=O)[C@@H](CCCN=C(N)N)NC(=O)CC12CC3CC(CC(C3)C1)C2)C(=O)O. The predicted octanol–water partition coefficient (Wildman–Crippen LogP) is -2.47. The van der Waals surface area contributed by atoms with Gasteiger partial charge in [0.2, 0.25) is 59.1 Å². The number of aliphatic carboxylic acids is 1. The molecule has 8 aliphatic rings. The van der Waals surface area contributed by atoms with E-state index < -0.39 is 133 Å². The molecule has 4 aliphatic heterocycles. The van der Waals surface area contributed by atoms with Crippen molar-refractivity contribution >= 4 is 94.3 Å². The topological polar surface area (TPSA) is 527 Å². The Kier molecular flexibility index (Phi) is 26.6. The van der Waals surface area contributed by atoms with Gasteiger partial charge in [0.1, 0.15) is 54.4 Å². The molecule has 4 saturated carbocycles. The Balaban J connectivity index is 0.794. The van der Waals surface area contributed by atoms with Crippen molar-refractivity contribution in [2.75, 3.05) is 45.9 Å². The predicted molar refractivity (Wildman–Crippen MR) is 390 cm³/mol. The summed E-state index contributed by atoms with van der Waals surface area (Å²) in [5, 5.41) is 51.9. The number of nitrogens with one attached hydrogen (secondary N) is 6. The molecule has 0 radical (unpaired) electrons. The maximum atomic E-state index is 15.3. The Morgan fingerprint density at radius 3 is 1.63 bits per heavy atom. The van der Waals surface area contributed by atoms with Crippen molar-refractivity contribution in [2.45, 2.75) is 196 Å². The monoisotopic (exact) mass is 1490 g/mol. The molecule has 3 aromatic rings. The molecule has 34 heteroatoms. The smallest absolute Gasteiger partial charge is 0.326 e. The first-order valence-corrected chi connectivity index (χ1v) is 37.5. The molecule has 33 nitrogen and oxygen atoms in total. The third-order valence-electron chi connectivity index (χ3n) is 21.6. The molecule has 4 aliphatic carbocycles. The van der Waals surface area contributed by atoms with E-state index in [4.69, 9.17) is 34.4 Å². The number of thiophene rings is 1. The molecular formula is C72H101N19O14S. The van der Waals surface area contributed by atoms with Gasteiger partial charge in [0, 0.05) is 77.9 Å². The van der Waals surface area contributed by atoms with Crippen LogP contribution in [0.4, 0.5) is 0 Å². The highest BCUT2D eigenvalue weighted by Crippen LogP contribution is 2.61. The summed E-state index contributed by atoms with van der Waals surface area (Å²) in [6.07, 6.45) is 6.54. The summed E-state index contributed by atoms with van der Waals surface area (Å²) < 4.78 is 0. The normalized spacial score (nSPS) is 23.9. The van der Waals surface area contributed by atoms with E-state index in [0.29, 0.717) is 52.8 Å². The fraction of sp³-hybridized carbons (Fsp3) is 0.583. The number of rotatable bonds is 33. The zero-order valence-electron chi connectivity index (χ0n) is 59.5. The number of nitrogens with zero attached hydrogens (tertiary/aromatic N) is 7. The van der Waals surface area contributed by atoms with E-state index in [1.54, 1.807) is 65.4 Å². The summed E-state index contributed by atoms with van der Waals surface area (Å²) in [4.78, 5) is 176. The molecule has 2 aromatic carbocycles. The van der Waals surface area contributed by atoms with Gasteiger partial charge in [-0.1, -0.05) is 48.5 Å². The molecule has 11 rings (SSSR count). The number of carbonyl (C=O) groups is 11. The number of aliphatic imine (C=N–C) groups is 3. The third kappa shape index (κ3) is 20.1. The van der Waals surface area contributed by atoms with E-state index in [1.165, 1.54) is 45.3 Å². The second kappa shape index (κ2) is 35.9. The van der Waals surface area contributed by atoms with E-state index in [0.717, 1.165) is 29.7 Å². The van der Waals surface area contributed by atoms with Crippen molar-refractivity contribution in [3.8, 4) is 0 Å². The number of aliphatic hydroxyl groups is 2. The van der Waals surface area contributed by atoms with Gasteiger partial charge in [0.25, 0.3) is 0 Å². The van der Waals surface area contributed by atoms with Gasteiger partial charge < -0.3 is 101 Å². The summed E-state index contributed by atoms with van der Waals surface area (Å²) >= 11 is 1.31. The fourth-order valence-corrected chi connectivity index (χ4v) is 17.8. The summed E-state index contributed by atoms with van der Waals surface area (Å²) in [7, 11) is 0. The second-order valence-electron chi connectivity index (χ2n) is 29.4. The summed E-state index contributed by atoms with van der Waals surface area (Å²) in [6, 6.07) is 4.07. The standard InChI is InChI=1S/C72H101N19O14S/c73-69(74)79-18-5-13-49(83-58(94)33-72-30-41-23-42(31-72)25-43(24-41)32-72)60(96)85-50(14-6-19-80-70(75)76)64(100)88-21-8-16-54(88)66(102)91-37-48(93)29-56(91)62(98)82-34-59(95)84-52(26-40-17-22-106-39-40)61(97)87-53(38-92)65(101)90-36-47-12-4-2-10-45(47)28-57(90)67(103)89-35-46-11-3-1-9-44(46)27-55(89)63(99)86-51(68(104)105)15-7-20-81-71(77)78/h1-4,9-12,17,22,39,41-43,48-57,92-93H,5-8,13-16,18-21,23-38H2,(H,82,98)(H,83,94)(H,84,95)(H,85,96)(H,86,99)(H,87,97)(H,104,105)(H4,73,74,79)(H4,75,76,80)(H4,77,78,81)/t41?,42?,43?,48?,49-,50+,51+,52+,53+,54+,55+,56+,57-,72?/m1/s1. The van der Waals surface area contributed by atoms with Gasteiger partial charge in [-0.2, -0.15) is 11.3 Å². The van der Waals surface area contributed by atoms with Crippen LogP contribution < -0.4 is 66.3 Å². The number of amides is 10. The van der Waals surface area contributed by atoms with Crippen LogP contribution in [0.2, 0.25) is 0 Å². The average Bonchev–Trinajstić information content (AvgIpc) is 0.939. The number of carboxylic acid groups (broad SMARTS) is 1. The number of hydrogen-bond donors (Lipinski definition) is 15. The summed E-state index contributed by atoms with van der Waals surface area (Å²) in [5.41, 5.74) is 36.7. The first kappa shape index (κ1) is 78.6. The molecule has 1 aromatic heterocycles. The maximum Gasteiger partial charge on any atom is 0.326 e. The van der Waals surface area contributed by atoms with Gasteiger partial charge in [-0.3, -0.25) is 62.9 Å². The van der Waals surface area contributed by atoms with Crippen molar-refractivity contribution < 1.29 is 68.1 Å². The first-order valence-electron chi connectivity index (χ1n) is 36.6. The van der Waals surface area contributed by atoms with Crippen LogP contribution in [-0.2, 0) is 85.1 Å². The van der Waals surface area contributed by atoms with Crippen LogP contribution >= 0.6 is 11.3 Å². The average molecular weight is 1490 g/mol. The number of aliphatic hydroxyl groups excluding tert-OH is 2. The van der Waals surface area contributed by atoms with Gasteiger partial charge in [0.05, 0.1) is 19.3 Å². The lowest BCUT2D eigenvalue weighted by molar-refractivity contribution is -0.154. The van der Waals surface area contributed by atoms with Crippen LogP contribution in [0.1, 0.15) is 131 Å². The maximum absolute atomic E-state index is 15.3. The van der Waals surface area contributed by atoms with Gasteiger partial charge >= 0.3 is 5.97 Å². The highest BCUT2D eigenvalue weighted by molar-refractivity contribution is 7.08. The molecule has 574 valence electrons. The van der Waals surface area contributed by atoms with Crippen LogP contribution in [-0.4, -0.2) is 224 Å². The van der Waals surface area contributed by atoms with E-state index in [1.807, 2.05) is 0 Å². The fourth-order valence-electron chi connectivity index (χ4n) is 17.1. The van der Waals surface area contributed by atoms with Gasteiger partial charge in [-0.15, -0.1) is 0 Å². The molecule has 2 saturated heterocycles. The molecular weight excluding hydrogens is 1390 g/mol. The van der Waals surface area contributed by atoms with E-state index >= 15 is 9.59 Å². The summed E-state index contributed by atoms with van der Waals surface area (Å²) in [6.45, 7) is -1.82. The summed E-state index contributed by atoms with van der Waals surface area (Å²) in [5.74, 6) is -7.16. The Labute approximate surface area is 618 Å². The van der Waals surface area contributed by atoms with Gasteiger partial charge in [0.15, 0.2) is 17.9 Å². The van der Waals surface area contributed by atoms with Crippen LogP contribution in [0.3, 0.4) is 0 Å². The number of hydrogen-bond acceptors (Lipinski definition) is 17. The molecule has 5 heterocycles. The number of carbonyl (C=O) groups excluding carboxylic acids is 10.